The van der Waals surface area contributed by atoms with Gasteiger partial charge in [0.15, 0.2) is 0 Å². The van der Waals surface area contributed by atoms with E-state index in [1.54, 1.807) is 0 Å². The average Bonchev–Trinajstić information content (AvgIpc) is 0.732. The lowest BCUT2D eigenvalue weighted by Crippen LogP contribution is -2.12. The van der Waals surface area contributed by atoms with Crippen LogP contribution in [0.4, 0.5) is 51.2 Å². The van der Waals surface area contributed by atoms with Crippen molar-refractivity contribution >= 4 is 148 Å². The lowest BCUT2D eigenvalue weighted by Gasteiger charge is -2.30. The third kappa shape index (κ3) is 16.7. The zero-order valence-corrected chi connectivity index (χ0v) is 77.7. The lowest BCUT2D eigenvalue weighted by atomic mass is 9.89. The van der Waals surface area contributed by atoms with E-state index in [1.165, 1.54) is 203 Å². The molecule has 0 bridgehead atoms. The smallest absolute Gasteiger partial charge is 0.0619 e. The minimum Gasteiger partial charge on any atom is -0.309 e. The SMILES string of the molecule is c1ccc(-c2ccc(-c3c4ccccc4c(N(c4ccc5ccccc5c4)c4cccc5ccccc45)c4ccccc34)cc2)cc1.c1ccc(-c2ccc(-c3c4ccccc4c(N(c4ccccc4)c4ccc(-c5ccccc5)cc4)c4ccccc34)cc2)cc1.c1ccc(-c2ccc(N(c3ccc(-c4ccccc4)cc3)c3c4ccccc4c(-c4ccc5ccccc5c4)c4ccccc34)cc2)cc1. The number of hydrogen-bond acceptors (Lipinski definition) is 3. The molecule has 662 valence electrons. The molecule has 26 aromatic rings. The summed E-state index contributed by atoms with van der Waals surface area (Å²) >= 11 is 0. The van der Waals surface area contributed by atoms with Gasteiger partial charge in [0.2, 0.25) is 0 Å². The molecule has 0 aliphatic heterocycles. The number of para-hydroxylation sites is 1. The molecule has 0 radical (unpaired) electrons. The van der Waals surface area contributed by atoms with Crippen LogP contribution in [-0.2, 0) is 0 Å². The fraction of sp³-hybridized carbons (Fsp3) is 0. The van der Waals surface area contributed by atoms with Gasteiger partial charge in [0.1, 0.15) is 0 Å². The van der Waals surface area contributed by atoms with E-state index in [2.05, 4.69) is 591 Å². The van der Waals surface area contributed by atoms with Crippen LogP contribution in [0.15, 0.2) is 576 Å². The summed E-state index contributed by atoms with van der Waals surface area (Å²) < 4.78 is 0. The molecule has 0 saturated heterocycles. The largest absolute Gasteiger partial charge is 0.309 e. The van der Waals surface area contributed by atoms with Crippen LogP contribution in [0.5, 0.6) is 0 Å². The van der Waals surface area contributed by atoms with E-state index in [4.69, 9.17) is 0 Å². The Labute approximate surface area is 822 Å². The van der Waals surface area contributed by atoms with Crippen LogP contribution in [0.2, 0.25) is 0 Å². The van der Waals surface area contributed by atoms with Crippen molar-refractivity contribution in [3.8, 4) is 89.0 Å². The maximum atomic E-state index is 2.49. The van der Waals surface area contributed by atoms with Gasteiger partial charge < -0.3 is 14.7 Å². The average molecular weight is 1800 g/mol. The van der Waals surface area contributed by atoms with E-state index in [0.29, 0.717) is 0 Å². The van der Waals surface area contributed by atoms with Crippen molar-refractivity contribution in [2.45, 2.75) is 0 Å². The van der Waals surface area contributed by atoms with E-state index in [9.17, 15) is 0 Å². The summed E-state index contributed by atoms with van der Waals surface area (Å²) in [5.74, 6) is 0. The van der Waals surface area contributed by atoms with Crippen molar-refractivity contribution in [2.24, 2.45) is 0 Å². The summed E-state index contributed by atoms with van der Waals surface area (Å²) in [4.78, 5) is 7.35. The molecule has 3 nitrogen and oxygen atoms in total. The van der Waals surface area contributed by atoms with Gasteiger partial charge in [0.25, 0.3) is 0 Å². The molecule has 0 spiro atoms. The topological polar surface area (TPSA) is 9.72 Å². The predicted molar refractivity (Wildman–Crippen MR) is 604 cm³/mol. The second-order valence-corrected chi connectivity index (χ2v) is 36.0. The zero-order chi connectivity index (χ0) is 93.7. The Kier molecular flexibility index (Phi) is 23.2. The fourth-order valence-electron chi connectivity index (χ4n) is 21.0. The minimum absolute atomic E-state index is 1.11. The van der Waals surface area contributed by atoms with E-state index in [1.807, 2.05) is 0 Å². The van der Waals surface area contributed by atoms with Crippen LogP contribution in [0.1, 0.15) is 0 Å². The second-order valence-electron chi connectivity index (χ2n) is 36.0. The molecule has 0 atom stereocenters. The van der Waals surface area contributed by atoms with Crippen LogP contribution in [-0.4, -0.2) is 0 Å². The molecule has 141 heavy (non-hydrogen) atoms. The molecule has 26 rings (SSSR count). The summed E-state index contributed by atoms with van der Waals surface area (Å²) in [5, 5.41) is 22.1. The highest BCUT2D eigenvalue weighted by atomic mass is 15.2. The van der Waals surface area contributed by atoms with Gasteiger partial charge in [-0.3, -0.25) is 0 Å². The first-order valence-corrected chi connectivity index (χ1v) is 48.5. The molecule has 26 aromatic carbocycles. The van der Waals surface area contributed by atoms with Crippen molar-refractivity contribution in [3.05, 3.63) is 576 Å². The third-order valence-electron chi connectivity index (χ3n) is 27.7. The number of fused-ring (bicyclic) bond motifs is 9. The molecular weight excluding hydrogens is 1700 g/mol. The number of anilines is 9. The fourth-order valence-corrected chi connectivity index (χ4v) is 21.0. The molecule has 0 aliphatic carbocycles. The summed E-state index contributed by atoms with van der Waals surface area (Å²) in [5.41, 5.74) is 29.9. The lowest BCUT2D eigenvalue weighted by molar-refractivity contribution is 1.31. The highest BCUT2D eigenvalue weighted by molar-refractivity contribution is 6.26. The van der Waals surface area contributed by atoms with E-state index in [0.717, 1.165) is 34.1 Å². The molecule has 0 saturated carbocycles. The first-order chi connectivity index (χ1) is 70.0. The summed E-state index contributed by atoms with van der Waals surface area (Å²) in [7, 11) is 0. The van der Waals surface area contributed by atoms with Crippen molar-refractivity contribution in [1.29, 1.82) is 0 Å². The highest BCUT2D eigenvalue weighted by Crippen LogP contribution is 2.54. The third-order valence-corrected chi connectivity index (χ3v) is 27.7. The second kappa shape index (κ2) is 38.3. The Morgan fingerprint density at radius 2 is 0.305 bits per heavy atom. The monoisotopic (exact) mass is 1790 g/mol. The van der Waals surface area contributed by atoms with Gasteiger partial charge in [-0.05, 0) is 221 Å². The molecule has 3 heteroatoms. The Balaban J connectivity index is 0.000000115. The van der Waals surface area contributed by atoms with Crippen molar-refractivity contribution < 1.29 is 0 Å². The number of nitrogens with zero attached hydrogens (tertiary/aromatic N) is 3. The van der Waals surface area contributed by atoms with E-state index < -0.39 is 0 Å². The van der Waals surface area contributed by atoms with Gasteiger partial charge in [0, 0.05) is 66.1 Å². The molecular formula is C138H95N3. The number of benzene rings is 26. The highest BCUT2D eigenvalue weighted by Gasteiger charge is 2.28. The molecule has 0 N–H and O–H groups in total. The molecule has 0 amide bonds. The molecule has 0 fully saturated rings. The Morgan fingerprint density at radius 3 is 0.638 bits per heavy atom. The Bertz CT molecular complexity index is 8770. The Hall–Kier alpha value is -18.5. The summed E-state index contributed by atoms with van der Waals surface area (Å²) in [6.45, 7) is 0. The summed E-state index contributed by atoms with van der Waals surface area (Å²) in [6, 6.07) is 208. The van der Waals surface area contributed by atoms with Gasteiger partial charge in [-0.15, -0.1) is 0 Å². The maximum Gasteiger partial charge on any atom is 0.0619 e. The quantitative estimate of drug-likeness (QED) is 0.0842. The first-order valence-electron chi connectivity index (χ1n) is 48.5. The first kappa shape index (κ1) is 85.4. The van der Waals surface area contributed by atoms with Crippen molar-refractivity contribution in [1.82, 2.24) is 0 Å². The van der Waals surface area contributed by atoms with Crippen LogP contribution in [0.3, 0.4) is 0 Å². The minimum atomic E-state index is 1.11. The van der Waals surface area contributed by atoms with Gasteiger partial charge in [0.05, 0.1) is 22.7 Å². The number of hydrogen-bond donors (Lipinski definition) is 0. The Morgan fingerprint density at radius 1 is 0.0993 bits per heavy atom. The standard InChI is InChI=1S/C48H33N.C46H31N.C44H31N/c1-3-13-34(14-4-1)37-25-29-41(30-26-37)49(42-31-27-38(28-32-42)35-15-5-2-6-16-35)48-45-21-11-9-19-43(45)47(44-20-10-12-22-46(44)48)40-24-23-36-17-7-8-18-39(36)33-40;1-2-13-32(14-3-1)34-25-27-36(28-26-34)45-40-20-8-10-22-42(40)46(43-23-11-9-21-41(43)45)47(38-30-29-33-15-4-5-17-37(33)31-38)44-24-12-18-35-16-6-7-19-39(35)44;1-4-14-32(15-5-1)34-24-26-36(27-25-34)43-39-20-10-12-22-41(39)44(42-23-13-11-21-40(42)43)45(37-18-8-3-9-19-37)38-30-28-35(29-31-38)33-16-6-2-7-17-33/h1-33H;1-31H;1-31H. The predicted octanol–water partition coefficient (Wildman–Crippen LogP) is 39.2. The van der Waals surface area contributed by atoms with Crippen LogP contribution in [0, 0.1) is 0 Å². The van der Waals surface area contributed by atoms with Crippen LogP contribution < -0.4 is 14.7 Å². The normalized spacial score (nSPS) is 11.3. The van der Waals surface area contributed by atoms with Crippen LogP contribution >= 0.6 is 0 Å². The molecule has 0 heterocycles. The van der Waals surface area contributed by atoms with Gasteiger partial charge in [-0.1, -0.05) is 504 Å². The van der Waals surface area contributed by atoms with Gasteiger partial charge in [-0.25, -0.2) is 0 Å². The van der Waals surface area contributed by atoms with Crippen molar-refractivity contribution in [2.75, 3.05) is 14.7 Å². The number of rotatable bonds is 17. The summed E-state index contributed by atoms with van der Waals surface area (Å²) in [6.07, 6.45) is 0. The molecule has 0 aromatic heterocycles. The molecule has 0 unspecified atom stereocenters. The van der Waals surface area contributed by atoms with E-state index in [-0.39, 0.29) is 0 Å². The molecule has 0 aliphatic rings. The van der Waals surface area contributed by atoms with E-state index >= 15 is 0 Å². The van der Waals surface area contributed by atoms with Crippen LogP contribution in [0.25, 0.3) is 186 Å². The van der Waals surface area contributed by atoms with Crippen molar-refractivity contribution in [3.63, 3.8) is 0 Å². The zero-order valence-electron chi connectivity index (χ0n) is 77.7. The maximum absolute atomic E-state index is 2.49. The van der Waals surface area contributed by atoms with Gasteiger partial charge in [-0.2, -0.15) is 0 Å². The van der Waals surface area contributed by atoms with Gasteiger partial charge >= 0.3 is 0 Å².